The Kier molecular flexibility index (Phi) is 4.27. The molecule has 4 bridgehead atoms. The van der Waals surface area contributed by atoms with Gasteiger partial charge in [-0.15, -0.1) is 0 Å². The van der Waals surface area contributed by atoms with Crippen molar-refractivity contribution in [2.24, 2.45) is 28.2 Å². The Labute approximate surface area is 152 Å². The quantitative estimate of drug-likeness (QED) is 0.556. The average Bonchev–Trinajstić information content (AvgIpc) is 2.55. The van der Waals surface area contributed by atoms with Gasteiger partial charge in [0.05, 0.1) is 7.11 Å². The molecule has 0 N–H and O–H groups in total. The number of rotatable bonds is 4. The van der Waals surface area contributed by atoms with Gasteiger partial charge in [-0.25, -0.2) is 4.79 Å². The van der Waals surface area contributed by atoms with Gasteiger partial charge in [0.15, 0.2) is 6.04 Å². The van der Waals surface area contributed by atoms with E-state index in [1.165, 1.54) is 26.4 Å². The summed E-state index contributed by atoms with van der Waals surface area (Å²) in [5.74, 6) is 2.23. The fourth-order valence-electron chi connectivity index (χ4n) is 5.80. The first kappa shape index (κ1) is 16.3. The number of ether oxygens (including phenoxy) is 1. The van der Waals surface area contributed by atoms with Crippen molar-refractivity contribution in [2.75, 3.05) is 7.11 Å². The SMILES string of the molecule is COC(=O)[C@H](N=Cc1ccc(Br)cc1)C12CC3CC(CC(C3)C1)C2. The Morgan fingerprint density at radius 1 is 1.17 bits per heavy atom. The molecule has 3 nitrogen and oxygen atoms in total. The maximum atomic E-state index is 12.6. The zero-order chi connectivity index (χ0) is 16.7. The molecule has 0 spiro atoms. The van der Waals surface area contributed by atoms with E-state index in [0.717, 1.165) is 47.1 Å². The molecule has 4 aliphatic rings. The molecule has 128 valence electrons. The molecule has 4 fully saturated rings. The highest BCUT2D eigenvalue weighted by Crippen LogP contribution is 2.61. The fraction of sp³-hybridized carbons (Fsp3) is 0.600. The molecule has 1 atom stereocenters. The fourth-order valence-corrected chi connectivity index (χ4v) is 6.07. The van der Waals surface area contributed by atoms with E-state index in [-0.39, 0.29) is 17.4 Å². The second-order valence-electron chi connectivity index (χ2n) is 8.04. The maximum Gasteiger partial charge on any atom is 0.331 e. The first-order chi connectivity index (χ1) is 11.6. The van der Waals surface area contributed by atoms with Crippen molar-refractivity contribution in [3.8, 4) is 0 Å². The van der Waals surface area contributed by atoms with Gasteiger partial charge in [0.1, 0.15) is 0 Å². The van der Waals surface area contributed by atoms with Gasteiger partial charge >= 0.3 is 5.97 Å². The molecule has 0 aromatic heterocycles. The summed E-state index contributed by atoms with van der Waals surface area (Å²) in [6, 6.07) is 7.68. The van der Waals surface area contributed by atoms with Crippen molar-refractivity contribution in [1.82, 2.24) is 0 Å². The zero-order valence-electron chi connectivity index (χ0n) is 14.1. The minimum Gasteiger partial charge on any atom is -0.467 e. The number of hydrogen-bond donors (Lipinski definition) is 0. The van der Waals surface area contributed by atoms with Gasteiger partial charge < -0.3 is 4.74 Å². The Balaban J connectivity index is 1.62. The molecule has 0 heterocycles. The summed E-state index contributed by atoms with van der Waals surface area (Å²) in [6.07, 6.45) is 9.40. The molecular formula is C20H24BrNO2. The second-order valence-corrected chi connectivity index (χ2v) is 8.95. The van der Waals surface area contributed by atoms with Crippen molar-refractivity contribution in [3.63, 3.8) is 0 Å². The van der Waals surface area contributed by atoms with Crippen molar-refractivity contribution >= 4 is 28.1 Å². The van der Waals surface area contributed by atoms with Crippen molar-refractivity contribution in [2.45, 2.75) is 44.6 Å². The van der Waals surface area contributed by atoms with Crippen LogP contribution in [0.25, 0.3) is 0 Å². The summed E-state index contributed by atoms with van der Waals surface area (Å²) in [6.45, 7) is 0. The third-order valence-electron chi connectivity index (χ3n) is 6.33. The molecule has 5 rings (SSSR count). The third-order valence-corrected chi connectivity index (χ3v) is 6.86. The molecule has 4 aliphatic carbocycles. The summed E-state index contributed by atoms with van der Waals surface area (Å²) in [7, 11) is 1.49. The van der Waals surface area contributed by atoms with Gasteiger partial charge in [-0.2, -0.15) is 0 Å². The number of aliphatic imine (C=N–C) groups is 1. The van der Waals surface area contributed by atoms with Crippen LogP contribution in [0.2, 0.25) is 0 Å². The maximum absolute atomic E-state index is 12.6. The smallest absolute Gasteiger partial charge is 0.331 e. The topological polar surface area (TPSA) is 38.7 Å². The summed E-state index contributed by atoms with van der Waals surface area (Å²) in [4.78, 5) is 17.3. The Hall–Kier alpha value is -1.16. The number of hydrogen-bond acceptors (Lipinski definition) is 3. The molecule has 4 heteroatoms. The molecule has 0 radical (unpaired) electrons. The Bertz CT molecular complexity index is 617. The summed E-state index contributed by atoms with van der Waals surface area (Å²) in [5.41, 5.74) is 1.06. The van der Waals surface area contributed by atoms with Crippen LogP contribution in [-0.2, 0) is 9.53 Å². The number of esters is 1. The van der Waals surface area contributed by atoms with Crippen LogP contribution in [0.4, 0.5) is 0 Å². The Morgan fingerprint density at radius 2 is 1.71 bits per heavy atom. The van der Waals surface area contributed by atoms with Crippen molar-refractivity contribution in [1.29, 1.82) is 0 Å². The summed E-state index contributed by atoms with van der Waals surface area (Å²) < 4.78 is 6.20. The van der Waals surface area contributed by atoms with Crippen LogP contribution in [0.15, 0.2) is 33.7 Å². The van der Waals surface area contributed by atoms with E-state index in [9.17, 15) is 4.79 Å². The van der Waals surface area contributed by atoms with E-state index in [0.29, 0.717) is 0 Å². The number of methoxy groups -OCH3 is 1. The average molecular weight is 390 g/mol. The van der Waals surface area contributed by atoms with E-state index >= 15 is 0 Å². The van der Waals surface area contributed by atoms with Gasteiger partial charge in [0.2, 0.25) is 0 Å². The van der Waals surface area contributed by atoms with E-state index in [1.54, 1.807) is 0 Å². The largest absolute Gasteiger partial charge is 0.467 e. The van der Waals surface area contributed by atoms with E-state index in [1.807, 2.05) is 30.5 Å². The molecule has 0 saturated heterocycles. The molecule has 4 saturated carbocycles. The van der Waals surface area contributed by atoms with Gasteiger partial charge in [0, 0.05) is 16.1 Å². The standard InChI is InChI=1S/C20H24BrNO2/c1-24-19(23)18(22-12-13-2-4-17(21)5-3-13)20-9-14-6-15(10-20)8-16(7-14)11-20/h2-5,12,14-16,18H,6-11H2,1H3/t14?,15?,16?,18-,20?/m0/s1. The molecule has 0 aliphatic heterocycles. The van der Waals surface area contributed by atoms with E-state index in [4.69, 9.17) is 9.73 Å². The zero-order valence-corrected chi connectivity index (χ0v) is 15.7. The predicted octanol–water partition coefficient (Wildman–Crippen LogP) is 4.63. The van der Waals surface area contributed by atoms with Crippen LogP contribution in [0.1, 0.15) is 44.1 Å². The van der Waals surface area contributed by atoms with Crippen LogP contribution in [0, 0.1) is 23.2 Å². The lowest BCUT2D eigenvalue weighted by atomic mass is 9.47. The molecule has 1 aromatic rings. The first-order valence-electron chi connectivity index (χ1n) is 8.94. The highest BCUT2D eigenvalue weighted by atomic mass is 79.9. The molecular weight excluding hydrogens is 366 g/mol. The lowest BCUT2D eigenvalue weighted by Crippen LogP contribution is -2.53. The third kappa shape index (κ3) is 2.94. The summed E-state index contributed by atoms with van der Waals surface area (Å²) in [5, 5.41) is 0. The highest BCUT2D eigenvalue weighted by Gasteiger charge is 2.56. The molecule has 0 amide bonds. The lowest BCUT2D eigenvalue weighted by Gasteiger charge is -2.58. The van der Waals surface area contributed by atoms with Crippen LogP contribution in [-0.4, -0.2) is 25.3 Å². The number of halogens is 1. The number of carbonyl (C=O) groups excluding carboxylic acids is 1. The highest BCUT2D eigenvalue weighted by molar-refractivity contribution is 9.10. The first-order valence-corrected chi connectivity index (χ1v) is 9.74. The van der Waals surface area contributed by atoms with Gasteiger partial charge in [0.25, 0.3) is 0 Å². The minimum atomic E-state index is -0.348. The molecule has 1 aromatic carbocycles. The lowest BCUT2D eigenvalue weighted by molar-refractivity contribution is -0.152. The number of carbonyl (C=O) groups is 1. The molecule has 24 heavy (non-hydrogen) atoms. The van der Waals surface area contributed by atoms with Crippen LogP contribution >= 0.6 is 15.9 Å². The monoisotopic (exact) mass is 389 g/mol. The van der Waals surface area contributed by atoms with Crippen LogP contribution in [0.5, 0.6) is 0 Å². The van der Waals surface area contributed by atoms with E-state index < -0.39 is 0 Å². The van der Waals surface area contributed by atoms with Gasteiger partial charge in [-0.05, 0) is 74.0 Å². The minimum absolute atomic E-state index is 0.0354. The molecule has 0 unspecified atom stereocenters. The Morgan fingerprint density at radius 3 is 2.21 bits per heavy atom. The van der Waals surface area contributed by atoms with Gasteiger partial charge in [-0.1, -0.05) is 28.1 Å². The number of benzene rings is 1. The van der Waals surface area contributed by atoms with Crippen LogP contribution in [0.3, 0.4) is 0 Å². The van der Waals surface area contributed by atoms with E-state index in [2.05, 4.69) is 15.9 Å². The normalized spacial score (nSPS) is 35.3. The van der Waals surface area contributed by atoms with Gasteiger partial charge in [-0.3, -0.25) is 4.99 Å². The van der Waals surface area contributed by atoms with Crippen molar-refractivity contribution in [3.05, 3.63) is 34.3 Å². The van der Waals surface area contributed by atoms with Crippen LogP contribution < -0.4 is 0 Å². The predicted molar refractivity (Wildman–Crippen MR) is 98.1 cm³/mol. The summed E-state index contributed by atoms with van der Waals surface area (Å²) >= 11 is 3.45. The second kappa shape index (κ2) is 6.29. The van der Waals surface area contributed by atoms with Crippen molar-refractivity contribution < 1.29 is 9.53 Å². The number of nitrogens with zero attached hydrogens (tertiary/aromatic N) is 1.